The van der Waals surface area contributed by atoms with Gasteiger partial charge in [0.2, 0.25) is 0 Å². The summed E-state index contributed by atoms with van der Waals surface area (Å²) in [4.78, 5) is 4.77. The van der Waals surface area contributed by atoms with Gasteiger partial charge in [0.1, 0.15) is 0 Å². The molecule has 1 saturated carbocycles. The average Bonchev–Trinajstić information content (AvgIpc) is 2.71. The van der Waals surface area contributed by atoms with Gasteiger partial charge >= 0.3 is 0 Å². The van der Waals surface area contributed by atoms with Gasteiger partial charge in [0.05, 0.1) is 0 Å². The maximum Gasteiger partial charge on any atom is 0.0379 e. The fourth-order valence-corrected chi connectivity index (χ4v) is 4.47. The predicted octanol–water partition coefficient (Wildman–Crippen LogP) is 8.78. The molecule has 0 heterocycles. The van der Waals surface area contributed by atoms with Gasteiger partial charge in [-0.15, -0.1) is 0 Å². The van der Waals surface area contributed by atoms with Crippen LogP contribution in [0.15, 0.2) is 52.1 Å². The highest BCUT2D eigenvalue weighted by atomic mass is 14.7. The van der Waals surface area contributed by atoms with Crippen molar-refractivity contribution in [2.45, 2.75) is 105 Å². The van der Waals surface area contributed by atoms with Crippen molar-refractivity contribution >= 4 is 5.71 Å². The summed E-state index contributed by atoms with van der Waals surface area (Å²) in [5.41, 5.74) is 8.43. The minimum Gasteiger partial charge on any atom is -0.293 e. The number of hydrogen-bond donors (Lipinski definition) is 0. The van der Waals surface area contributed by atoms with E-state index in [4.69, 9.17) is 4.99 Å². The lowest BCUT2D eigenvalue weighted by molar-refractivity contribution is 0.181. The maximum absolute atomic E-state index is 4.77. The molecule has 0 spiro atoms. The number of allylic oxidation sites excluding steroid dienone is 6. The van der Waals surface area contributed by atoms with Crippen LogP contribution < -0.4 is 0 Å². The molecule has 0 aromatic heterocycles. The van der Waals surface area contributed by atoms with Gasteiger partial charge in [-0.2, -0.15) is 0 Å². The van der Waals surface area contributed by atoms with Gasteiger partial charge in [-0.1, -0.05) is 68.6 Å². The van der Waals surface area contributed by atoms with Crippen molar-refractivity contribution in [2.75, 3.05) is 7.05 Å². The lowest BCUT2D eigenvalue weighted by atomic mass is 9.67. The van der Waals surface area contributed by atoms with Crippen molar-refractivity contribution in [3.05, 3.63) is 47.1 Å². The van der Waals surface area contributed by atoms with Crippen molar-refractivity contribution in [3.63, 3.8) is 0 Å². The Labute approximate surface area is 175 Å². The van der Waals surface area contributed by atoms with Crippen LogP contribution in [-0.2, 0) is 0 Å². The lowest BCUT2D eigenvalue weighted by Crippen LogP contribution is -2.26. The van der Waals surface area contributed by atoms with E-state index in [-0.39, 0.29) is 0 Å². The van der Waals surface area contributed by atoms with E-state index in [1.165, 1.54) is 91.4 Å². The quantitative estimate of drug-likeness (QED) is 0.192. The zero-order valence-corrected chi connectivity index (χ0v) is 19.7. The summed E-state index contributed by atoms with van der Waals surface area (Å²) in [7, 11) is 1.98. The summed E-state index contributed by atoms with van der Waals surface area (Å²) in [5.74, 6) is 0. The number of aliphatic imine (C=N–C) groups is 1. The molecule has 1 rings (SSSR count). The minimum atomic E-state index is 0.470. The summed E-state index contributed by atoms with van der Waals surface area (Å²) in [5, 5.41) is 0. The van der Waals surface area contributed by atoms with Crippen LogP contribution in [-0.4, -0.2) is 12.8 Å². The van der Waals surface area contributed by atoms with Crippen LogP contribution in [0, 0.1) is 5.41 Å². The molecule has 1 heteroatoms. The largest absolute Gasteiger partial charge is 0.293 e. The van der Waals surface area contributed by atoms with Gasteiger partial charge in [-0.05, 0) is 89.2 Å². The molecule has 1 aliphatic rings. The predicted molar refractivity (Wildman–Crippen MR) is 128 cm³/mol. The molecule has 28 heavy (non-hydrogen) atoms. The molecule has 0 unspecified atom stereocenters. The zero-order chi connectivity index (χ0) is 21.2. The van der Waals surface area contributed by atoms with Crippen molar-refractivity contribution in [3.8, 4) is 0 Å². The summed E-state index contributed by atoms with van der Waals surface area (Å²) < 4.78 is 0. The Bertz CT molecular complexity index is 621. The molecule has 0 bridgehead atoms. The van der Waals surface area contributed by atoms with Gasteiger partial charge in [0.15, 0.2) is 0 Å². The summed E-state index contributed by atoms with van der Waals surface area (Å²) in [6.07, 6.45) is 16.1. The first-order valence-electron chi connectivity index (χ1n) is 11.4. The third-order valence-electron chi connectivity index (χ3n) is 7.06. The van der Waals surface area contributed by atoms with Gasteiger partial charge in [-0.3, -0.25) is 4.99 Å². The Morgan fingerprint density at radius 1 is 1.00 bits per heavy atom. The van der Waals surface area contributed by atoms with Crippen molar-refractivity contribution in [1.29, 1.82) is 0 Å². The van der Waals surface area contributed by atoms with Crippen molar-refractivity contribution in [1.82, 2.24) is 0 Å². The zero-order valence-electron chi connectivity index (χ0n) is 19.7. The molecule has 0 aromatic carbocycles. The molecular formula is C27H45N. The Balaban J connectivity index is 2.89. The maximum atomic E-state index is 4.77. The Kier molecular flexibility index (Phi) is 10.8. The van der Waals surface area contributed by atoms with Crippen molar-refractivity contribution < 1.29 is 0 Å². The van der Waals surface area contributed by atoms with Crippen LogP contribution in [0.1, 0.15) is 105 Å². The average molecular weight is 384 g/mol. The number of rotatable bonds is 11. The SMILES string of the molecule is C=C(CCCCC(=N/C)/C(CC1(CC)CCCCC1)=C(\C)C(=C)C)/C(C)=C/C. The van der Waals surface area contributed by atoms with E-state index >= 15 is 0 Å². The Morgan fingerprint density at radius 2 is 1.61 bits per heavy atom. The summed E-state index contributed by atoms with van der Waals surface area (Å²) in [6.45, 7) is 19.5. The van der Waals surface area contributed by atoms with Crippen LogP contribution in [0.25, 0.3) is 0 Å². The Hall–Kier alpha value is -1.37. The lowest BCUT2D eigenvalue weighted by Gasteiger charge is -2.38. The molecule has 0 atom stereocenters. The van der Waals surface area contributed by atoms with Crippen LogP contribution in [0.2, 0.25) is 0 Å². The third-order valence-corrected chi connectivity index (χ3v) is 7.06. The van der Waals surface area contributed by atoms with Gasteiger partial charge in [0.25, 0.3) is 0 Å². The topological polar surface area (TPSA) is 12.4 Å². The molecular weight excluding hydrogens is 338 g/mol. The second-order valence-corrected chi connectivity index (χ2v) is 8.93. The second-order valence-electron chi connectivity index (χ2n) is 8.93. The normalized spacial score (nSPS) is 18.6. The van der Waals surface area contributed by atoms with Gasteiger partial charge in [-0.25, -0.2) is 0 Å². The fraction of sp³-hybridized carbons (Fsp3) is 0.667. The number of nitrogens with zero attached hydrogens (tertiary/aromatic N) is 1. The molecule has 1 aliphatic carbocycles. The fourth-order valence-electron chi connectivity index (χ4n) is 4.47. The summed E-state index contributed by atoms with van der Waals surface area (Å²) in [6, 6.07) is 0. The highest BCUT2D eigenvalue weighted by Crippen LogP contribution is 2.45. The molecule has 158 valence electrons. The number of unbranched alkanes of at least 4 members (excludes halogenated alkanes) is 1. The van der Waals surface area contributed by atoms with Gasteiger partial charge in [0, 0.05) is 12.8 Å². The van der Waals surface area contributed by atoms with Gasteiger partial charge < -0.3 is 0 Å². The Morgan fingerprint density at radius 3 is 2.11 bits per heavy atom. The van der Waals surface area contributed by atoms with E-state index < -0.39 is 0 Å². The van der Waals surface area contributed by atoms with Crippen LogP contribution in [0.3, 0.4) is 0 Å². The van der Waals surface area contributed by atoms with E-state index in [0.29, 0.717) is 5.41 Å². The third kappa shape index (κ3) is 7.22. The molecule has 1 nitrogen and oxygen atoms in total. The highest BCUT2D eigenvalue weighted by molar-refractivity contribution is 6.01. The van der Waals surface area contributed by atoms with Crippen LogP contribution >= 0.6 is 0 Å². The first-order chi connectivity index (χ1) is 13.3. The smallest absolute Gasteiger partial charge is 0.0379 e. The first-order valence-corrected chi connectivity index (χ1v) is 11.4. The molecule has 1 fully saturated rings. The minimum absolute atomic E-state index is 0.470. The van der Waals surface area contributed by atoms with E-state index in [0.717, 1.165) is 12.8 Å². The van der Waals surface area contributed by atoms with Crippen LogP contribution in [0.5, 0.6) is 0 Å². The van der Waals surface area contributed by atoms with E-state index in [9.17, 15) is 0 Å². The van der Waals surface area contributed by atoms with Crippen LogP contribution in [0.4, 0.5) is 0 Å². The second kappa shape index (κ2) is 12.2. The first kappa shape index (κ1) is 24.7. The molecule has 0 amide bonds. The molecule has 0 N–H and O–H groups in total. The number of hydrogen-bond acceptors (Lipinski definition) is 1. The molecule has 0 saturated heterocycles. The molecule has 0 aliphatic heterocycles. The van der Waals surface area contributed by atoms with E-state index in [1.807, 2.05) is 7.05 Å². The monoisotopic (exact) mass is 383 g/mol. The van der Waals surface area contributed by atoms with E-state index in [2.05, 4.69) is 53.9 Å². The van der Waals surface area contributed by atoms with E-state index in [1.54, 1.807) is 0 Å². The summed E-state index contributed by atoms with van der Waals surface area (Å²) >= 11 is 0. The van der Waals surface area contributed by atoms with Crippen molar-refractivity contribution in [2.24, 2.45) is 10.4 Å². The highest BCUT2D eigenvalue weighted by Gasteiger charge is 2.32. The molecule has 0 aromatic rings. The molecule has 0 radical (unpaired) electrons. The standard InChI is InChI=1S/C27H45N/c1-9-22(5)23(6)16-12-13-17-26(28-8)25(24(7)21(3)4)20-27(10-2)18-14-11-15-19-27/h9H,3,6,10-20H2,1-2,4-5,7-8H3/b22-9+,25-24+,28-26-.